The maximum Gasteiger partial charge on any atom is 0.249 e. The van der Waals surface area contributed by atoms with Crippen LogP contribution in [0.15, 0.2) is 48.7 Å². The highest BCUT2D eigenvalue weighted by Gasteiger charge is 2.05. The Hall–Kier alpha value is -3.17. The Morgan fingerprint density at radius 3 is 2.83 bits per heavy atom. The molecule has 0 amide bonds. The van der Waals surface area contributed by atoms with Crippen molar-refractivity contribution in [1.29, 1.82) is 5.26 Å². The van der Waals surface area contributed by atoms with Gasteiger partial charge in [0.15, 0.2) is 5.82 Å². The molecule has 3 aromatic rings. The van der Waals surface area contributed by atoms with E-state index < -0.39 is 0 Å². The predicted octanol–water partition coefficient (Wildman–Crippen LogP) is 4.19. The van der Waals surface area contributed by atoms with E-state index in [0.29, 0.717) is 28.0 Å². The minimum atomic E-state index is 0.328. The van der Waals surface area contributed by atoms with Crippen LogP contribution in [0.5, 0.6) is 0 Å². The van der Waals surface area contributed by atoms with Crippen LogP contribution < -0.4 is 10.6 Å². The van der Waals surface area contributed by atoms with Gasteiger partial charge in [0.05, 0.1) is 17.8 Å². The van der Waals surface area contributed by atoms with Gasteiger partial charge in [-0.25, -0.2) is 0 Å². The Kier molecular flexibility index (Phi) is 4.54. The summed E-state index contributed by atoms with van der Waals surface area (Å²) < 4.78 is 0. The lowest BCUT2D eigenvalue weighted by molar-refractivity contribution is 0.982. The van der Waals surface area contributed by atoms with E-state index in [1.165, 1.54) is 6.20 Å². The quantitative estimate of drug-likeness (QED) is 0.742. The number of nitriles is 1. The first-order valence-corrected chi connectivity index (χ1v) is 7.52. The number of aromatic nitrogens is 3. The van der Waals surface area contributed by atoms with Gasteiger partial charge in [-0.15, -0.1) is 5.10 Å². The molecule has 0 bridgehead atoms. The van der Waals surface area contributed by atoms with Crippen molar-refractivity contribution >= 4 is 34.7 Å². The summed E-state index contributed by atoms with van der Waals surface area (Å²) >= 11 is 6.02. The van der Waals surface area contributed by atoms with Crippen molar-refractivity contribution in [1.82, 2.24) is 15.2 Å². The van der Waals surface area contributed by atoms with Gasteiger partial charge in [0.1, 0.15) is 0 Å². The summed E-state index contributed by atoms with van der Waals surface area (Å²) in [4.78, 5) is 4.37. The zero-order chi connectivity index (χ0) is 16.9. The first-order valence-electron chi connectivity index (χ1n) is 7.14. The van der Waals surface area contributed by atoms with Gasteiger partial charge >= 0.3 is 0 Å². The van der Waals surface area contributed by atoms with Crippen molar-refractivity contribution < 1.29 is 0 Å². The van der Waals surface area contributed by atoms with Gasteiger partial charge in [-0.2, -0.15) is 15.3 Å². The molecule has 24 heavy (non-hydrogen) atoms. The molecule has 1 heterocycles. The molecule has 7 heteroatoms. The number of aryl methyl sites for hydroxylation is 1. The number of anilines is 4. The fraction of sp³-hybridized carbons (Fsp3) is 0.0588. The molecule has 0 saturated carbocycles. The van der Waals surface area contributed by atoms with E-state index >= 15 is 0 Å². The Labute approximate surface area is 144 Å². The molecule has 118 valence electrons. The molecule has 0 spiro atoms. The van der Waals surface area contributed by atoms with Crippen molar-refractivity contribution in [3.63, 3.8) is 0 Å². The van der Waals surface area contributed by atoms with Gasteiger partial charge in [-0.05, 0) is 42.8 Å². The van der Waals surface area contributed by atoms with Crippen LogP contribution in [0.3, 0.4) is 0 Å². The number of nitrogens with one attached hydrogen (secondary N) is 2. The zero-order valence-corrected chi connectivity index (χ0v) is 13.5. The topological polar surface area (TPSA) is 86.5 Å². The third kappa shape index (κ3) is 3.77. The number of nitrogens with zero attached hydrogens (tertiary/aromatic N) is 4. The number of rotatable bonds is 4. The Balaban J connectivity index is 1.81. The zero-order valence-electron chi connectivity index (χ0n) is 12.8. The molecule has 0 radical (unpaired) electrons. The summed E-state index contributed by atoms with van der Waals surface area (Å²) in [6, 6.07) is 14.7. The van der Waals surface area contributed by atoms with Crippen molar-refractivity contribution in [3.05, 3.63) is 64.8 Å². The molecule has 3 rings (SSSR count). The first-order chi connectivity index (χ1) is 11.6. The fourth-order valence-corrected chi connectivity index (χ4v) is 2.25. The van der Waals surface area contributed by atoms with Gasteiger partial charge in [0, 0.05) is 16.4 Å². The maximum absolute atomic E-state index is 8.94. The monoisotopic (exact) mass is 336 g/mol. The van der Waals surface area contributed by atoms with Crippen LogP contribution in [0.25, 0.3) is 0 Å². The van der Waals surface area contributed by atoms with Crippen LogP contribution in [-0.2, 0) is 0 Å². The molecule has 0 unspecified atom stereocenters. The average Bonchev–Trinajstić information content (AvgIpc) is 2.59. The molecule has 2 aromatic carbocycles. The van der Waals surface area contributed by atoms with Gasteiger partial charge in [-0.1, -0.05) is 23.7 Å². The number of halogens is 1. The van der Waals surface area contributed by atoms with E-state index in [1.807, 2.05) is 31.2 Å². The van der Waals surface area contributed by atoms with Gasteiger partial charge in [-0.3, -0.25) is 0 Å². The van der Waals surface area contributed by atoms with Gasteiger partial charge in [0.25, 0.3) is 0 Å². The van der Waals surface area contributed by atoms with Gasteiger partial charge < -0.3 is 10.6 Å². The second-order valence-electron chi connectivity index (χ2n) is 5.07. The van der Waals surface area contributed by atoms with Crippen LogP contribution >= 0.6 is 11.6 Å². The molecular formula is C17H13ClN6. The second-order valence-corrected chi connectivity index (χ2v) is 5.50. The normalized spacial score (nSPS) is 10.0. The van der Waals surface area contributed by atoms with E-state index in [0.717, 1.165) is 11.3 Å². The van der Waals surface area contributed by atoms with E-state index in [4.69, 9.17) is 16.9 Å². The fourth-order valence-electron chi connectivity index (χ4n) is 2.08. The molecule has 0 aliphatic rings. The smallest absolute Gasteiger partial charge is 0.249 e. The lowest BCUT2D eigenvalue weighted by Gasteiger charge is -2.10. The summed E-state index contributed by atoms with van der Waals surface area (Å²) in [5.41, 5.74) is 3.15. The molecule has 0 aliphatic carbocycles. The minimum absolute atomic E-state index is 0.328. The summed E-state index contributed by atoms with van der Waals surface area (Å²) in [6.07, 6.45) is 1.53. The van der Waals surface area contributed by atoms with Crippen molar-refractivity contribution in [3.8, 4) is 6.07 Å². The average molecular weight is 337 g/mol. The number of hydrogen-bond donors (Lipinski definition) is 2. The van der Waals surface area contributed by atoms with Crippen LogP contribution in [0, 0.1) is 18.3 Å². The third-order valence-electron chi connectivity index (χ3n) is 3.27. The maximum atomic E-state index is 8.94. The molecule has 2 N–H and O–H groups in total. The minimum Gasteiger partial charge on any atom is -0.339 e. The van der Waals surface area contributed by atoms with Crippen molar-refractivity contribution in [2.45, 2.75) is 6.92 Å². The SMILES string of the molecule is Cc1ccc(Cl)cc1Nc1cnnc(Nc2cccc(C#N)c2)n1. The van der Waals surface area contributed by atoms with E-state index in [-0.39, 0.29) is 0 Å². The summed E-state index contributed by atoms with van der Waals surface area (Å²) in [7, 11) is 0. The van der Waals surface area contributed by atoms with Crippen LogP contribution in [0.2, 0.25) is 5.02 Å². The number of benzene rings is 2. The Morgan fingerprint density at radius 2 is 2.00 bits per heavy atom. The molecule has 1 aromatic heterocycles. The Morgan fingerprint density at radius 1 is 1.12 bits per heavy atom. The molecule has 0 atom stereocenters. The largest absolute Gasteiger partial charge is 0.339 e. The predicted molar refractivity (Wildman–Crippen MR) is 93.7 cm³/mol. The van der Waals surface area contributed by atoms with E-state index in [1.54, 1.807) is 18.2 Å². The van der Waals surface area contributed by atoms with Gasteiger partial charge in [0.2, 0.25) is 5.95 Å². The second kappa shape index (κ2) is 6.94. The summed E-state index contributed by atoms with van der Waals surface area (Å²) in [6.45, 7) is 1.97. The first kappa shape index (κ1) is 15.7. The highest BCUT2D eigenvalue weighted by Crippen LogP contribution is 2.23. The lowest BCUT2D eigenvalue weighted by atomic mass is 10.2. The van der Waals surface area contributed by atoms with Crippen LogP contribution in [-0.4, -0.2) is 15.2 Å². The van der Waals surface area contributed by atoms with Crippen molar-refractivity contribution in [2.24, 2.45) is 0 Å². The van der Waals surface area contributed by atoms with Crippen LogP contribution in [0.1, 0.15) is 11.1 Å². The van der Waals surface area contributed by atoms with Crippen molar-refractivity contribution in [2.75, 3.05) is 10.6 Å². The molecule has 0 fully saturated rings. The lowest BCUT2D eigenvalue weighted by Crippen LogP contribution is -2.03. The number of hydrogen-bond acceptors (Lipinski definition) is 6. The Bertz CT molecular complexity index is 919. The summed E-state index contributed by atoms with van der Waals surface area (Å²) in [5.74, 6) is 0.865. The standard InChI is InChI=1S/C17H13ClN6/c1-11-5-6-13(18)8-15(11)22-16-10-20-24-17(23-16)21-14-4-2-3-12(7-14)9-19/h2-8,10H,1H3,(H2,21,22,23,24). The molecule has 0 aliphatic heterocycles. The van der Waals surface area contributed by atoms with E-state index in [9.17, 15) is 0 Å². The molecule has 6 nitrogen and oxygen atoms in total. The van der Waals surface area contributed by atoms with E-state index in [2.05, 4.69) is 31.9 Å². The summed E-state index contributed by atoms with van der Waals surface area (Å²) in [5, 5.41) is 23.7. The highest BCUT2D eigenvalue weighted by molar-refractivity contribution is 6.30. The van der Waals surface area contributed by atoms with Crippen LogP contribution in [0.4, 0.5) is 23.1 Å². The highest BCUT2D eigenvalue weighted by atomic mass is 35.5. The molecular weight excluding hydrogens is 324 g/mol. The molecule has 0 saturated heterocycles. The third-order valence-corrected chi connectivity index (χ3v) is 3.50.